The molecule has 0 atom stereocenters. The van der Waals surface area contributed by atoms with E-state index in [4.69, 9.17) is 0 Å². The first kappa shape index (κ1) is 19.6. The lowest BCUT2D eigenvalue weighted by Crippen LogP contribution is -2.38. The SMILES string of the molecule is CC(C)(C)C1CCC(NSNC2CCC(C(C)(C)C)CC2)CC1. The lowest BCUT2D eigenvalue weighted by molar-refractivity contribution is 0.165. The van der Waals surface area contributed by atoms with E-state index in [9.17, 15) is 0 Å². The summed E-state index contributed by atoms with van der Waals surface area (Å²) in [5.74, 6) is 1.82. The molecule has 0 saturated heterocycles. The van der Waals surface area contributed by atoms with Crippen LogP contribution < -0.4 is 9.44 Å². The molecule has 0 unspecified atom stereocenters. The zero-order chi connectivity index (χ0) is 17.1. The Morgan fingerprint density at radius 3 is 1.13 bits per heavy atom. The van der Waals surface area contributed by atoms with E-state index in [1.54, 1.807) is 12.1 Å². The predicted octanol–water partition coefficient (Wildman–Crippen LogP) is 5.94. The Labute approximate surface area is 149 Å². The van der Waals surface area contributed by atoms with Crippen LogP contribution in [0.4, 0.5) is 0 Å². The van der Waals surface area contributed by atoms with Crippen molar-refractivity contribution in [1.82, 2.24) is 9.44 Å². The van der Waals surface area contributed by atoms with Crippen LogP contribution in [-0.4, -0.2) is 12.1 Å². The molecular formula is C20H40N2S. The van der Waals surface area contributed by atoms with E-state index in [1.807, 2.05) is 0 Å². The topological polar surface area (TPSA) is 24.1 Å². The standard InChI is InChI=1S/C20H40N2S/c1-19(2,3)15-7-11-17(12-8-15)21-23-22-18-13-9-16(10-14-18)20(4,5)6/h15-18,21-22H,7-14H2,1-6H3. The van der Waals surface area contributed by atoms with E-state index < -0.39 is 0 Å². The van der Waals surface area contributed by atoms with Crippen molar-refractivity contribution in [2.24, 2.45) is 22.7 Å². The summed E-state index contributed by atoms with van der Waals surface area (Å²) in [5.41, 5.74) is 0.976. The van der Waals surface area contributed by atoms with Gasteiger partial charge in [0.05, 0.1) is 0 Å². The third kappa shape index (κ3) is 6.25. The summed E-state index contributed by atoms with van der Waals surface area (Å²) >= 11 is 1.78. The van der Waals surface area contributed by atoms with Crippen LogP contribution in [0.2, 0.25) is 0 Å². The zero-order valence-electron chi connectivity index (χ0n) is 16.4. The first-order valence-electron chi connectivity index (χ1n) is 9.83. The molecule has 0 bridgehead atoms. The van der Waals surface area contributed by atoms with Crippen LogP contribution in [0.25, 0.3) is 0 Å². The van der Waals surface area contributed by atoms with Gasteiger partial charge in [-0.05, 0) is 74.0 Å². The van der Waals surface area contributed by atoms with Crippen molar-refractivity contribution in [3.8, 4) is 0 Å². The average molecular weight is 341 g/mol. The largest absolute Gasteiger partial charge is 0.248 e. The number of hydrogen-bond acceptors (Lipinski definition) is 3. The lowest BCUT2D eigenvalue weighted by atomic mass is 9.71. The molecule has 0 aromatic heterocycles. The first-order chi connectivity index (χ1) is 10.7. The molecule has 2 nitrogen and oxygen atoms in total. The Kier molecular flexibility index (Phi) is 6.90. The maximum Gasteiger partial charge on any atom is 0.0184 e. The van der Waals surface area contributed by atoms with Crippen molar-refractivity contribution in [3.63, 3.8) is 0 Å². The first-order valence-corrected chi connectivity index (χ1v) is 10.6. The maximum atomic E-state index is 3.69. The molecule has 0 amide bonds. The van der Waals surface area contributed by atoms with Gasteiger partial charge in [0.1, 0.15) is 0 Å². The van der Waals surface area contributed by atoms with Crippen molar-refractivity contribution in [1.29, 1.82) is 0 Å². The second-order valence-electron chi connectivity index (χ2n) is 10.2. The van der Waals surface area contributed by atoms with E-state index in [1.165, 1.54) is 51.4 Å². The molecular weight excluding hydrogens is 300 g/mol. The third-order valence-electron chi connectivity index (χ3n) is 6.36. The average Bonchev–Trinajstić information content (AvgIpc) is 2.46. The van der Waals surface area contributed by atoms with Crippen LogP contribution in [0.5, 0.6) is 0 Å². The van der Waals surface area contributed by atoms with Gasteiger partial charge in [-0.2, -0.15) is 0 Å². The van der Waals surface area contributed by atoms with Gasteiger partial charge in [0.25, 0.3) is 0 Å². The summed E-state index contributed by atoms with van der Waals surface area (Å²) in [6, 6.07) is 1.41. The minimum atomic E-state index is 0.488. The fourth-order valence-corrected chi connectivity index (χ4v) is 5.23. The highest BCUT2D eigenvalue weighted by molar-refractivity contribution is 7.95. The highest BCUT2D eigenvalue weighted by Crippen LogP contribution is 2.39. The van der Waals surface area contributed by atoms with Crippen molar-refractivity contribution in [2.75, 3.05) is 0 Å². The molecule has 0 spiro atoms. The van der Waals surface area contributed by atoms with Gasteiger partial charge in [-0.3, -0.25) is 0 Å². The van der Waals surface area contributed by atoms with Crippen molar-refractivity contribution < 1.29 is 0 Å². The summed E-state index contributed by atoms with van der Waals surface area (Å²) < 4.78 is 7.38. The molecule has 136 valence electrons. The van der Waals surface area contributed by atoms with Crippen molar-refractivity contribution in [3.05, 3.63) is 0 Å². The Balaban J connectivity index is 1.59. The fraction of sp³-hybridized carbons (Fsp3) is 1.00. The summed E-state index contributed by atoms with van der Waals surface area (Å²) in [4.78, 5) is 0. The smallest absolute Gasteiger partial charge is 0.0184 e. The quantitative estimate of drug-likeness (QED) is 0.619. The van der Waals surface area contributed by atoms with Crippen LogP contribution in [0.1, 0.15) is 92.9 Å². The van der Waals surface area contributed by atoms with Gasteiger partial charge < -0.3 is 0 Å². The van der Waals surface area contributed by atoms with E-state index >= 15 is 0 Å². The molecule has 0 aromatic rings. The third-order valence-corrected chi connectivity index (χ3v) is 7.26. The summed E-state index contributed by atoms with van der Waals surface area (Å²) in [7, 11) is 0. The van der Waals surface area contributed by atoms with E-state index in [-0.39, 0.29) is 0 Å². The van der Waals surface area contributed by atoms with Crippen LogP contribution in [0, 0.1) is 22.7 Å². The van der Waals surface area contributed by atoms with E-state index in [2.05, 4.69) is 51.0 Å². The molecule has 0 aromatic carbocycles. The minimum absolute atomic E-state index is 0.488. The molecule has 0 heterocycles. The molecule has 23 heavy (non-hydrogen) atoms. The Hall–Kier alpha value is 0.270. The molecule has 2 fully saturated rings. The van der Waals surface area contributed by atoms with Crippen LogP contribution in [0.3, 0.4) is 0 Å². The second-order valence-corrected chi connectivity index (χ2v) is 10.8. The van der Waals surface area contributed by atoms with Crippen LogP contribution in [-0.2, 0) is 0 Å². The van der Waals surface area contributed by atoms with Gasteiger partial charge in [0.2, 0.25) is 0 Å². The molecule has 2 saturated carbocycles. The highest BCUT2D eigenvalue weighted by atomic mass is 32.2. The molecule has 0 radical (unpaired) electrons. The summed E-state index contributed by atoms with van der Waals surface area (Å²) in [5, 5.41) is 0. The van der Waals surface area contributed by atoms with Crippen LogP contribution in [0.15, 0.2) is 0 Å². The van der Waals surface area contributed by atoms with Gasteiger partial charge in [-0.15, -0.1) is 0 Å². The van der Waals surface area contributed by atoms with Gasteiger partial charge in [0.15, 0.2) is 0 Å². The maximum absolute atomic E-state index is 3.69. The fourth-order valence-electron chi connectivity index (χ4n) is 4.36. The second kappa shape index (κ2) is 8.10. The number of hydrogen-bond donors (Lipinski definition) is 2. The zero-order valence-corrected chi connectivity index (χ0v) is 17.2. The van der Waals surface area contributed by atoms with E-state index in [0.717, 1.165) is 11.8 Å². The van der Waals surface area contributed by atoms with Crippen molar-refractivity contribution in [2.45, 2.75) is 105 Å². The Morgan fingerprint density at radius 2 is 0.870 bits per heavy atom. The van der Waals surface area contributed by atoms with Crippen molar-refractivity contribution >= 4 is 12.1 Å². The summed E-state index contributed by atoms with van der Waals surface area (Å²) in [6.45, 7) is 14.4. The molecule has 2 aliphatic carbocycles. The Bertz CT molecular complexity index is 306. The van der Waals surface area contributed by atoms with Gasteiger partial charge >= 0.3 is 0 Å². The highest BCUT2D eigenvalue weighted by Gasteiger charge is 2.31. The van der Waals surface area contributed by atoms with E-state index in [0.29, 0.717) is 22.9 Å². The summed E-state index contributed by atoms with van der Waals surface area (Å²) in [6.07, 6.45) is 10.9. The normalized spacial score (nSPS) is 33.7. The minimum Gasteiger partial charge on any atom is -0.248 e. The van der Waals surface area contributed by atoms with Gasteiger partial charge in [-0.1, -0.05) is 41.5 Å². The molecule has 2 N–H and O–H groups in total. The molecule has 0 aliphatic heterocycles. The molecule has 3 heteroatoms. The number of nitrogens with one attached hydrogen (secondary N) is 2. The Morgan fingerprint density at radius 1 is 0.565 bits per heavy atom. The van der Waals surface area contributed by atoms with Gasteiger partial charge in [0, 0.05) is 24.2 Å². The number of rotatable bonds is 4. The molecule has 2 aliphatic rings. The lowest BCUT2D eigenvalue weighted by Gasteiger charge is -2.38. The molecule has 2 rings (SSSR count). The monoisotopic (exact) mass is 340 g/mol. The van der Waals surface area contributed by atoms with Gasteiger partial charge in [-0.25, -0.2) is 9.44 Å². The van der Waals surface area contributed by atoms with Crippen LogP contribution >= 0.6 is 12.1 Å². The predicted molar refractivity (Wildman–Crippen MR) is 104 cm³/mol.